The van der Waals surface area contributed by atoms with Crippen molar-refractivity contribution >= 4 is 17.4 Å². The van der Waals surface area contributed by atoms with Crippen molar-refractivity contribution in [2.24, 2.45) is 5.16 Å². The number of anilines is 1. The van der Waals surface area contributed by atoms with E-state index in [1.807, 2.05) is 56.3 Å². The molecule has 176 valence electrons. The molecule has 0 radical (unpaired) electrons. The zero-order valence-electron chi connectivity index (χ0n) is 19.5. The van der Waals surface area contributed by atoms with Gasteiger partial charge in [0.1, 0.15) is 11.6 Å². The number of amides is 2. The van der Waals surface area contributed by atoms with Gasteiger partial charge in [-0.05, 0) is 43.7 Å². The molecule has 6 nitrogen and oxygen atoms in total. The lowest BCUT2D eigenvalue weighted by atomic mass is 10.0. The smallest absolute Gasteiger partial charge is 0.322 e. The first kappa shape index (κ1) is 23.3. The van der Waals surface area contributed by atoms with E-state index in [4.69, 9.17) is 9.57 Å². The zero-order chi connectivity index (χ0) is 24.1. The highest BCUT2D eigenvalue weighted by atomic mass is 19.1. The van der Waals surface area contributed by atoms with E-state index in [1.165, 1.54) is 6.07 Å². The van der Waals surface area contributed by atoms with Gasteiger partial charge in [-0.3, -0.25) is 0 Å². The van der Waals surface area contributed by atoms with E-state index in [2.05, 4.69) is 10.5 Å². The first-order valence-electron chi connectivity index (χ1n) is 11.2. The van der Waals surface area contributed by atoms with Crippen molar-refractivity contribution in [1.29, 1.82) is 0 Å². The predicted molar refractivity (Wildman–Crippen MR) is 131 cm³/mol. The van der Waals surface area contributed by atoms with Gasteiger partial charge in [0, 0.05) is 23.2 Å². The summed E-state index contributed by atoms with van der Waals surface area (Å²) in [4.78, 5) is 20.5. The van der Waals surface area contributed by atoms with Crippen LogP contribution < -0.4 is 10.1 Å². The molecular weight excluding hydrogens is 433 g/mol. The number of ether oxygens (including phenoxy) is 1. The van der Waals surface area contributed by atoms with Crippen LogP contribution in [0.3, 0.4) is 0 Å². The van der Waals surface area contributed by atoms with Crippen LogP contribution in [-0.2, 0) is 11.4 Å². The van der Waals surface area contributed by atoms with Crippen LogP contribution in [0.1, 0.15) is 28.7 Å². The van der Waals surface area contributed by atoms with Gasteiger partial charge < -0.3 is 19.8 Å². The number of benzene rings is 3. The summed E-state index contributed by atoms with van der Waals surface area (Å²) in [5.74, 6) is 0.353. The van der Waals surface area contributed by atoms with Crippen molar-refractivity contribution in [2.75, 3.05) is 19.0 Å². The Kier molecular flexibility index (Phi) is 7.11. The van der Waals surface area contributed by atoms with E-state index in [1.54, 1.807) is 30.2 Å². The molecule has 0 aliphatic carbocycles. The highest BCUT2D eigenvalue weighted by molar-refractivity contribution is 6.03. The van der Waals surface area contributed by atoms with Crippen molar-refractivity contribution in [3.63, 3.8) is 0 Å². The Morgan fingerprint density at radius 3 is 2.68 bits per heavy atom. The summed E-state index contributed by atoms with van der Waals surface area (Å²) in [5.41, 5.74) is 4.82. The van der Waals surface area contributed by atoms with Crippen LogP contribution in [0.4, 0.5) is 14.9 Å². The maximum Gasteiger partial charge on any atom is 0.322 e. The number of urea groups is 1. The number of carbonyl (C=O) groups is 1. The van der Waals surface area contributed by atoms with E-state index in [-0.39, 0.29) is 31.0 Å². The molecule has 0 saturated heterocycles. The minimum Gasteiger partial charge on any atom is -0.496 e. The van der Waals surface area contributed by atoms with Crippen LogP contribution in [0.5, 0.6) is 5.75 Å². The molecule has 1 atom stereocenters. The molecule has 1 unspecified atom stereocenters. The maximum atomic E-state index is 14.4. The van der Waals surface area contributed by atoms with E-state index < -0.39 is 0 Å². The van der Waals surface area contributed by atoms with Gasteiger partial charge in [-0.15, -0.1) is 0 Å². The summed E-state index contributed by atoms with van der Waals surface area (Å²) < 4.78 is 19.8. The molecule has 3 aromatic carbocycles. The summed E-state index contributed by atoms with van der Waals surface area (Å²) in [6.07, 6.45) is 0.141. The minimum absolute atomic E-state index is 0.104. The lowest BCUT2D eigenvalue weighted by Gasteiger charge is -2.26. The molecule has 7 heteroatoms. The fraction of sp³-hybridized carbons (Fsp3) is 0.259. The normalized spacial score (nSPS) is 14.8. The first-order chi connectivity index (χ1) is 16.4. The Morgan fingerprint density at radius 1 is 1.15 bits per heavy atom. The highest BCUT2D eigenvalue weighted by Crippen LogP contribution is 2.26. The molecule has 0 bridgehead atoms. The van der Waals surface area contributed by atoms with Crippen molar-refractivity contribution in [3.05, 3.63) is 94.8 Å². The molecule has 2 amide bonds. The second-order valence-electron chi connectivity index (χ2n) is 8.39. The zero-order valence-corrected chi connectivity index (χ0v) is 19.5. The summed E-state index contributed by atoms with van der Waals surface area (Å²) in [5, 5.41) is 7.21. The lowest BCUT2D eigenvalue weighted by Crippen LogP contribution is -2.40. The number of para-hydroxylation sites is 1. The second-order valence-corrected chi connectivity index (χ2v) is 8.39. The number of nitrogens with one attached hydrogen (secondary N) is 1. The molecule has 0 fully saturated rings. The number of halogens is 1. The Labute approximate surface area is 199 Å². The Balaban J connectivity index is 1.51. The SMILES string of the molecule is COc1ccccc1C1=NOC(CN(Cc2ccccc2F)C(=O)Nc2ccc(C)cc2C)C1. The number of aryl methyl sites for hydroxylation is 2. The summed E-state index contributed by atoms with van der Waals surface area (Å²) >= 11 is 0. The number of hydrogen-bond donors (Lipinski definition) is 1. The molecule has 0 aromatic heterocycles. The van der Waals surface area contributed by atoms with E-state index in [0.717, 1.165) is 22.4 Å². The van der Waals surface area contributed by atoms with Crippen molar-refractivity contribution < 1.29 is 18.8 Å². The largest absolute Gasteiger partial charge is 0.496 e. The number of nitrogens with zero attached hydrogens (tertiary/aromatic N) is 2. The fourth-order valence-corrected chi connectivity index (χ4v) is 4.01. The third kappa shape index (κ3) is 5.36. The topological polar surface area (TPSA) is 63.2 Å². The highest BCUT2D eigenvalue weighted by Gasteiger charge is 2.28. The van der Waals surface area contributed by atoms with Gasteiger partial charge in [-0.25, -0.2) is 9.18 Å². The molecule has 0 spiro atoms. The van der Waals surface area contributed by atoms with E-state index in [9.17, 15) is 9.18 Å². The molecule has 1 N–H and O–H groups in total. The molecule has 4 rings (SSSR count). The summed E-state index contributed by atoms with van der Waals surface area (Å²) in [6, 6.07) is 19.5. The number of carbonyl (C=O) groups excluding carboxylic acids is 1. The van der Waals surface area contributed by atoms with Gasteiger partial charge in [0.2, 0.25) is 0 Å². The van der Waals surface area contributed by atoms with Gasteiger partial charge in [0.25, 0.3) is 0 Å². The standard InChI is InChI=1S/C27H28FN3O3/c1-18-12-13-24(19(2)14-18)29-27(32)31(16-20-8-4-6-10-23(20)28)17-21-15-25(30-34-21)22-9-5-7-11-26(22)33-3/h4-14,21H,15-17H2,1-3H3,(H,29,32). The molecule has 0 saturated carbocycles. The number of hydrogen-bond acceptors (Lipinski definition) is 4. The lowest BCUT2D eigenvalue weighted by molar-refractivity contribution is 0.0606. The number of methoxy groups -OCH3 is 1. The van der Waals surface area contributed by atoms with Gasteiger partial charge >= 0.3 is 6.03 Å². The number of oxime groups is 1. The molecule has 1 aliphatic rings. The van der Waals surface area contributed by atoms with Crippen LogP contribution in [0.15, 0.2) is 71.9 Å². The number of rotatable bonds is 7. The Bertz CT molecular complexity index is 1210. The van der Waals surface area contributed by atoms with Gasteiger partial charge in [0.05, 0.1) is 25.9 Å². The quantitative estimate of drug-likeness (QED) is 0.493. The van der Waals surface area contributed by atoms with Crippen LogP contribution >= 0.6 is 0 Å². The van der Waals surface area contributed by atoms with Gasteiger partial charge in [0.15, 0.2) is 6.10 Å². The second kappa shape index (κ2) is 10.4. The van der Waals surface area contributed by atoms with Crippen molar-refractivity contribution in [1.82, 2.24) is 4.90 Å². The molecule has 3 aromatic rings. The molecular formula is C27H28FN3O3. The fourth-order valence-electron chi connectivity index (χ4n) is 4.01. The molecule has 1 aliphatic heterocycles. The van der Waals surface area contributed by atoms with E-state index in [0.29, 0.717) is 23.4 Å². The third-order valence-electron chi connectivity index (χ3n) is 5.80. The molecule has 1 heterocycles. The first-order valence-corrected chi connectivity index (χ1v) is 11.2. The predicted octanol–water partition coefficient (Wildman–Crippen LogP) is 5.68. The summed E-state index contributed by atoms with van der Waals surface area (Å²) in [6.45, 7) is 4.29. The van der Waals surface area contributed by atoms with Gasteiger partial charge in [-0.2, -0.15) is 0 Å². The summed E-state index contributed by atoms with van der Waals surface area (Å²) in [7, 11) is 1.61. The Hall–Kier alpha value is -3.87. The van der Waals surface area contributed by atoms with Crippen LogP contribution in [0.25, 0.3) is 0 Å². The van der Waals surface area contributed by atoms with Crippen LogP contribution in [-0.4, -0.2) is 36.4 Å². The average Bonchev–Trinajstić information content (AvgIpc) is 3.30. The average molecular weight is 462 g/mol. The maximum absolute atomic E-state index is 14.4. The van der Waals surface area contributed by atoms with Gasteiger partial charge in [-0.1, -0.05) is 53.2 Å². The minimum atomic E-state index is -0.364. The third-order valence-corrected chi connectivity index (χ3v) is 5.80. The Morgan fingerprint density at radius 2 is 1.91 bits per heavy atom. The monoisotopic (exact) mass is 461 g/mol. The van der Waals surface area contributed by atoms with Crippen LogP contribution in [0.2, 0.25) is 0 Å². The van der Waals surface area contributed by atoms with Crippen LogP contribution in [0, 0.1) is 19.7 Å². The van der Waals surface area contributed by atoms with Crippen molar-refractivity contribution in [2.45, 2.75) is 32.9 Å². The van der Waals surface area contributed by atoms with E-state index >= 15 is 0 Å². The van der Waals surface area contributed by atoms with Crippen molar-refractivity contribution in [3.8, 4) is 5.75 Å². The molecule has 34 heavy (non-hydrogen) atoms.